The molecule has 0 spiro atoms. The average molecular weight is 279 g/mol. The molecule has 7 heteroatoms. The van der Waals surface area contributed by atoms with Gasteiger partial charge in [-0.2, -0.15) is 8.42 Å². The Morgan fingerprint density at radius 3 is 2.33 bits per heavy atom. The van der Waals surface area contributed by atoms with Crippen LogP contribution in [0.3, 0.4) is 0 Å². The zero-order valence-corrected chi connectivity index (χ0v) is 12.3. The summed E-state index contributed by atoms with van der Waals surface area (Å²) < 4.78 is 32.2. The number of carbonyl (C=O) groups is 1. The van der Waals surface area contributed by atoms with Gasteiger partial charge in [-0.15, -0.1) is 0 Å². The van der Waals surface area contributed by atoms with Crippen molar-refractivity contribution >= 4 is 16.2 Å². The molecule has 0 aliphatic carbocycles. The number of ether oxygens (including phenoxy) is 1. The standard InChI is InChI=1S/C11H21NO5S/c1-8-6-9(17-18(5,14)15)7-12(8)10(13)16-11(2,3)4/h8-9H,6-7H2,1-5H3/t8-,9-/m1/s1. The van der Waals surface area contributed by atoms with E-state index in [1.807, 2.05) is 6.92 Å². The summed E-state index contributed by atoms with van der Waals surface area (Å²) in [7, 11) is -3.49. The predicted molar refractivity (Wildman–Crippen MR) is 66.7 cm³/mol. The Morgan fingerprint density at radius 2 is 1.89 bits per heavy atom. The molecule has 0 saturated carbocycles. The summed E-state index contributed by atoms with van der Waals surface area (Å²) in [6, 6.07) is -0.0911. The predicted octanol–water partition coefficient (Wildman–Crippen LogP) is 1.36. The van der Waals surface area contributed by atoms with Crippen molar-refractivity contribution in [2.24, 2.45) is 0 Å². The minimum Gasteiger partial charge on any atom is -0.444 e. The zero-order valence-electron chi connectivity index (χ0n) is 11.5. The van der Waals surface area contributed by atoms with Crippen LogP contribution in [0, 0.1) is 0 Å². The van der Waals surface area contributed by atoms with Crippen LogP contribution in [0.2, 0.25) is 0 Å². The van der Waals surface area contributed by atoms with E-state index in [0.29, 0.717) is 6.42 Å². The van der Waals surface area contributed by atoms with Gasteiger partial charge in [0.15, 0.2) is 0 Å². The first-order valence-electron chi connectivity index (χ1n) is 5.86. The molecule has 1 fully saturated rings. The van der Waals surface area contributed by atoms with Crippen LogP contribution in [-0.4, -0.2) is 50.0 Å². The van der Waals surface area contributed by atoms with Gasteiger partial charge in [-0.1, -0.05) is 0 Å². The highest BCUT2D eigenvalue weighted by Gasteiger charge is 2.36. The lowest BCUT2D eigenvalue weighted by atomic mass is 10.2. The molecule has 6 nitrogen and oxygen atoms in total. The third-order valence-corrected chi connectivity index (χ3v) is 3.10. The maximum atomic E-state index is 11.9. The fourth-order valence-electron chi connectivity index (χ4n) is 1.87. The molecule has 0 bridgehead atoms. The topological polar surface area (TPSA) is 72.9 Å². The highest BCUT2D eigenvalue weighted by Crippen LogP contribution is 2.23. The van der Waals surface area contributed by atoms with E-state index < -0.39 is 27.9 Å². The molecule has 1 rings (SSSR count). The molecule has 0 aromatic rings. The monoisotopic (exact) mass is 279 g/mol. The highest BCUT2D eigenvalue weighted by atomic mass is 32.2. The minimum atomic E-state index is -3.49. The van der Waals surface area contributed by atoms with Crippen molar-refractivity contribution in [3.8, 4) is 0 Å². The molecule has 0 unspecified atom stereocenters. The number of rotatable bonds is 2. The number of amides is 1. The lowest BCUT2D eigenvalue weighted by Gasteiger charge is -2.26. The van der Waals surface area contributed by atoms with Gasteiger partial charge in [-0.25, -0.2) is 4.79 Å². The second-order valence-electron chi connectivity index (χ2n) is 5.64. The number of likely N-dealkylation sites (tertiary alicyclic amines) is 1. The molecule has 1 amide bonds. The molecule has 1 saturated heterocycles. The molecule has 18 heavy (non-hydrogen) atoms. The van der Waals surface area contributed by atoms with Crippen molar-refractivity contribution < 1.29 is 22.1 Å². The van der Waals surface area contributed by atoms with Crippen LogP contribution >= 0.6 is 0 Å². The number of hydrogen-bond acceptors (Lipinski definition) is 5. The molecule has 1 aliphatic rings. The largest absolute Gasteiger partial charge is 0.444 e. The lowest BCUT2D eigenvalue weighted by molar-refractivity contribution is 0.0224. The smallest absolute Gasteiger partial charge is 0.410 e. The van der Waals surface area contributed by atoms with Crippen LogP contribution in [0.15, 0.2) is 0 Å². The van der Waals surface area contributed by atoms with Gasteiger partial charge < -0.3 is 9.64 Å². The van der Waals surface area contributed by atoms with E-state index in [-0.39, 0.29) is 12.6 Å². The summed E-state index contributed by atoms with van der Waals surface area (Å²) in [6.07, 6.45) is 0.581. The summed E-state index contributed by atoms with van der Waals surface area (Å²) >= 11 is 0. The summed E-state index contributed by atoms with van der Waals surface area (Å²) in [5.74, 6) is 0. The molecule has 2 atom stereocenters. The third kappa shape index (κ3) is 4.81. The van der Waals surface area contributed by atoms with Crippen LogP contribution in [0.4, 0.5) is 4.79 Å². The van der Waals surface area contributed by atoms with Gasteiger partial charge >= 0.3 is 6.09 Å². The summed E-state index contributed by atoms with van der Waals surface area (Å²) in [6.45, 7) is 7.45. The minimum absolute atomic E-state index is 0.0911. The Morgan fingerprint density at radius 1 is 1.33 bits per heavy atom. The SMILES string of the molecule is C[C@@H]1C[C@@H](OS(C)(=O)=O)CN1C(=O)OC(C)(C)C. The number of nitrogens with zero attached hydrogens (tertiary/aromatic N) is 1. The quantitative estimate of drug-likeness (QED) is 0.714. The Bertz CT molecular complexity index is 412. The van der Waals surface area contributed by atoms with Crippen molar-refractivity contribution in [3.63, 3.8) is 0 Å². The maximum absolute atomic E-state index is 11.9. The van der Waals surface area contributed by atoms with Crippen molar-refractivity contribution in [1.82, 2.24) is 4.90 Å². The van der Waals surface area contributed by atoms with Gasteiger partial charge in [0.1, 0.15) is 5.60 Å². The van der Waals surface area contributed by atoms with E-state index in [1.54, 1.807) is 20.8 Å². The van der Waals surface area contributed by atoms with Gasteiger partial charge in [-0.3, -0.25) is 4.18 Å². The van der Waals surface area contributed by atoms with Gasteiger partial charge in [-0.05, 0) is 34.1 Å². The first kappa shape index (κ1) is 15.2. The Balaban J connectivity index is 2.62. The summed E-state index contributed by atoms with van der Waals surface area (Å²) in [5, 5.41) is 0. The van der Waals surface area contributed by atoms with Gasteiger partial charge in [0.25, 0.3) is 10.1 Å². The third-order valence-electron chi connectivity index (χ3n) is 2.48. The van der Waals surface area contributed by atoms with Gasteiger partial charge in [0.05, 0.1) is 18.9 Å². The Labute approximate surface area is 108 Å². The van der Waals surface area contributed by atoms with Crippen molar-refractivity contribution in [2.75, 3.05) is 12.8 Å². The van der Waals surface area contributed by atoms with E-state index in [9.17, 15) is 13.2 Å². The molecule has 1 aliphatic heterocycles. The van der Waals surface area contributed by atoms with E-state index in [2.05, 4.69) is 0 Å². The molecule has 106 valence electrons. The number of hydrogen-bond donors (Lipinski definition) is 0. The Kier molecular flexibility index (Phi) is 4.27. The molecule has 0 N–H and O–H groups in total. The highest BCUT2D eigenvalue weighted by molar-refractivity contribution is 7.86. The van der Waals surface area contributed by atoms with E-state index in [4.69, 9.17) is 8.92 Å². The van der Waals surface area contributed by atoms with Crippen LogP contribution in [-0.2, 0) is 19.0 Å². The van der Waals surface area contributed by atoms with E-state index in [1.165, 1.54) is 4.90 Å². The second kappa shape index (κ2) is 5.05. The molecule has 1 heterocycles. The van der Waals surface area contributed by atoms with Crippen molar-refractivity contribution in [1.29, 1.82) is 0 Å². The fraction of sp³-hybridized carbons (Fsp3) is 0.909. The van der Waals surface area contributed by atoms with Crippen LogP contribution < -0.4 is 0 Å². The molecule has 0 aromatic heterocycles. The molecular formula is C11H21NO5S. The van der Waals surface area contributed by atoms with Crippen molar-refractivity contribution in [3.05, 3.63) is 0 Å². The first-order valence-corrected chi connectivity index (χ1v) is 7.67. The molecular weight excluding hydrogens is 258 g/mol. The maximum Gasteiger partial charge on any atom is 0.410 e. The molecule has 0 aromatic carbocycles. The van der Waals surface area contributed by atoms with Gasteiger partial charge in [0.2, 0.25) is 0 Å². The van der Waals surface area contributed by atoms with Gasteiger partial charge in [0, 0.05) is 6.04 Å². The zero-order chi connectivity index (χ0) is 14.1. The van der Waals surface area contributed by atoms with E-state index >= 15 is 0 Å². The number of carbonyl (C=O) groups excluding carboxylic acids is 1. The Hall–Kier alpha value is -0.820. The second-order valence-corrected chi connectivity index (χ2v) is 7.24. The molecule has 0 radical (unpaired) electrons. The van der Waals surface area contributed by atoms with Crippen LogP contribution in [0.25, 0.3) is 0 Å². The van der Waals surface area contributed by atoms with E-state index in [0.717, 1.165) is 6.26 Å². The lowest BCUT2D eigenvalue weighted by Crippen LogP contribution is -2.39. The van der Waals surface area contributed by atoms with Crippen LogP contribution in [0.1, 0.15) is 34.1 Å². The normalized spacial score (nSPS) is 25.3. The summed E-state index contributed by atoms with van der Waals surface area (Å²) in [5.41, 5.74) is -0.563. The fourth-order valence-corrected chi connectivity index (χ4v) is 2.51. The summed E-state index contributed by atoms with van der Waals surface area (Å²) in [4.78, 5) is 13.4. The van der Waals surface area contributed by atoms with Crippen molar-refractivity contribution in [2.45, 2.75) is 51.9 Å². The van der Waals surface area contributed by atoms with Crippen LogP contribution in [0.5, 0.6) is 0 Å². The average Bonchev–Trinajstić information content (AvgIpc) is 2.39. The first-order chi connectivity index (χ1) is 7.98.